The van der Waals surface area contributed by atoms with Crippen LogP contribution in [0.2, 0.25) is 10.0 Å². The van der Waals surface area contributed by atoms with Gasteiger partial charge in [0.15, 0.2) is 0 Å². The molecule has 0 spiro atoms. The van der Waals surface area contributed by atoms with E-state index in [1.54, 1.807) is 4.90 Å². The van der Waals surface area contributed by atoms with E-state index >= 15 is 0 Å². The quantitative estimate of drug-likeness (QED) is 0.578. The van der Waals surface area contributed by atoms with Crippen molar-refractivity contribution in [3.05, 3.63) is 87.2 Å². The summed E-state index contributed by atoms with van der Waals surface area (Å²) in [4.78, 5) is 36.2. The Morgan fingerprint density at radius 2 is 1.84 bits per heavy atom. The molecule has 1 unspecified atom stereocenters. The molecule has 7 nitrogen and oxygen atoms in total. The fraction of sp³-hybridized carbons (Fsp3) is 0.130. The molecule has 0 radical (unpaired) electrons. The molecule has 2 aliphatic rings. The molecule has 0 aliphatic carbocycles. The molecule has 2 amide bonds. The van der Waals surface area contributed by atoms with E-state index in [0.717, 1.165) is 16.7 Å². The van der Waals surface area contributed by atoms with Gasteiger partial charge < -0.3 is 11.1 Å². The van der Waals surface area contributed by atoms with Gasteiger partial charge in [-0.1, -0.05) is 53.5 Å². The van der Waals surface area contributed by atoms with Crippen molar-refractivity contribution < 1.29 is 9.59 Å². The Morgan fingerprint density at radius 3 is 2.56 bits per heavy atom. The highest BCUT2D eigenvalue weighted by atomic mass is 35.5. The van der Waals surface area contributed by atoms with E-state index in [4.69, 9.17) is 28.9 Å². The Bertz CT molecular complexity index is 1270. The number of nitrogen functional groups attached to an aromatic ring is 1. The van der Waals surface area contributed by atoms with Crippen LogP contribution in [0, 0.1) is 0 Å². The first-order valence-corrected chi connectivity index (χ1v) is 10.6. The van der Waals surface area contributed by atoms with Gasteiger partial charge in [-0.2, -0.15) is 0 Å². The van der Waals surface area contributed by atoms with Crippen molar-refractivity contribution in [3.63, 3.8) is 0 Å². The fourth-order valence-electron chi connectivity index (χ4n) is 4.21. The lowest BCUT2D eigenvalue weighted by molar-refractivity contribution is -0.117. The summed E-state index contributed by atoms with van der Waals surface area (Å²) in [5.41, 5.74) is 10.8. The highest BCUT2D eigenvalue weighted by Crippen LogP contribution is 2.39. The number of pyridine rings is 1. The Labute approximate surface area is 193 Å². The Kier molecular flexibility index (Phi) is 5.07. The Balaban J connectivity index is 1.56. The first-order chi connectivity index (χ1) is 15.4. The highest BCUT2D eigenvalue weighted by molar-refractivity contribution is 6.39. The lowest BCUT2D eigenvalue weighted by Gasteiger charge is -2.26. The van der Waals surface area contributed by atoms with Crippen LogP contribution >= 0.6 is 23.2 Å². The maximum absolute atomic E-state index is 13.1. The summed E-state index contributed by atoms with van der Waals surface area (Å²) in [5, 5.41) is 3.16. The van der Waals surface area contributed by atoms with Gasteiger partial charge in [0, 0.05) is 35.6 Å². The number of anilines is 2. The maximum atomic E-state index is 13.1. The van der Waals surface area contributed by atoms with E-state index in [1.165, 1.54) is 12.4 Å². The van der Waals surface area contributed by atoms with Gasteiger partial charge in [0.1, 0.15) is 12.7 Å². The topological polar surface area (TPSA) is 101 Å². The minimum Gasteiger partial charge on any atom is -0.399 e. The van der Waals surface area contributed by atoms with E-state index in [9.17, 15) is 9.59 Å². The van der Waals surface area contributed by atoms with Gasteiger partial charge in [-0.25, -0.2) is 0 Å². The number of halogens is 2. The first kappa shape index (κ1) is 20.5. The first-order valence-electron chi connectivity index (χ1n) is 9.88. The van der Waals surface area contributed by atoms with Crippen LogP contribution in [-0.4, -0.2) is 35.2 Å². The summed E-state index contributed by atoms with van der Waals surface area (Å²) < 4.78 is 0. The molecular formula is C23H17Cl2N5O2. The van der Waals surface area contributed by atoms with Gasteiger partial charge in [0.25, 0.3) is 5.91 Å². The van der Waals surface area contributed by atoms with E-state index in [1.807, 2.05) is 42.5 Å². The standard InChI is InChI=1S/C23H17Cl2N5O2/c24-16-9-27-10-17(25)20(16)23(32)29-18-7-13-6-14(26)8-15-21(12-4-2-1-3-5-12)28-11-19(31)30(18)22(13)15/h1-6,8-10,18H,7,11,26H2,(H,29,32). The predicted octanol–water partition coefficient (Wildman–Crippen LogP) is 3.47. The van der Waals surface area contributed by atoms with Crippen LogP contribution < -0.4 is 16.0 Å². The van der Waals surface area contributed by atoms with E-state index in [0.29, 0.717) is 23.5 Å². The number of benzene rings is 2. The van der Waals surface area contributed by atoms with Gasteiger partial charge >= 0.3 is 0 Å². The third-order valence-corrected chi connectivity index (χ3v) is 6.07. The zero-order valence-corrected chi connectivity index (χ0v) is 18.2. The number of nitrogens with zero attached hydrogens (tertiary/aromatic N) is 3. The summed E-state index contributed by atoms with van der Waals surface area (Å²) >= 11 is 12.3. The third-order valence-electron chi connectivity index (χ3n) is 5.50. The molecular weight excluding hydrogens is 449 g/mol. The lowest BCUT2D eigenvalue weighted by Crippen LogP contribution is -2.50. The molecule has 160 valence electrons. The second-order valence-corrected chi connectivity index (χ2v) is 8.36. The smallest absolute Gasteiger partial charge is 0.256 e. The highest BCUT2D eigenvalue weighted by Gasteiger charge is 2.39. The van der Waals surface area contributed by atoms with Crippen molar-refractivity contribution >= 4 is 52.1 Å². The minimum absolute atomic E-state index is 0.0542. The number of carbonyl (C=O) groups is 2. The van der Waals surface area contributed by atoms with Gasteiger partial charge in [-0.05, 0) is 17.7 Å². The van der Waals surface area contributed by atoms with Crippen LogP contribution in [0.1, 0.15) is 27.0 Å². The molecule has 2 aromatic carbocycles. The van der Waals surface area contributed by atoms with Crippen molar-refractivity contribution in [2.24, 2.45) is 4.99 Å². The van der Waals surface area contributed by atoms with Crippen LogP contribution in [0.4, 0.5) is 11.4 Å². The molecule has 2 aliphatic heterocycles. The molecule has 32 heavy (non-hydrogen) atoms. The number of nitrogens with two attached hydrogens (primary N) is 1. The molecule has 3 N–H and O–H groups in total. The van der Waals surface area contributed by atoms with E-state index in [-0.39, 0.29) is 28.1 Å². The SMILES string of the molecule is Nc1cc2c3c(c1)C(c1ccccc1)=NCC(=O)N3C(NC(=O)c1c(Cl)cncc1Cl)C2. The lowest BCUT2D eigenvalue weighted by atomic mass is 9.97. The Hall–Kier alpha value is -3.42. The second-order valence-electron chi connectivity index (χ2n) is 7.54. The predicted molar refractivity (Wildman–Crippen MR) is 125 cm³/mol. The van der Waals surface area contributed by atoms with Crippen LogP contribution in [-0.2, 0) is 11.2 Å². The summed E-state index contributed by atoms with van der Waals surface area (Å²) in [7, 11) is 0. The summed E-state index contributed by atoms with van der Waals surface area (Å²) in [5.74, 6) is -0.714. The zero-order valence-electron chi connectivity index (χ0n) is 16.7. The monoisotopic (exact) mass is 465 g/mol. The number of hydrogen-bond acceptors (Lipinski definition) is 5. The van der Waals surface area contributed by atoms with E-state index < -0.39 is 12.1 Å². The summed E-state index contributed by atoms with van der Waals surface area (Å²) in [6.07, 6.45) is 2.47. The molecule has 1 aromatic heterocycles. The largest absolute Gasteiger partial charge is 0.399 e. The zero-order chi connectivity index (χ0) is 22.4. The number of carbonyl (C=O) groups excluding carboxylic acids is 2. The molecule has 3 aromatic rings. The minimum atomic E-state index is -0.629. The maximum Gasteiger partial charge on any atom is 0.256 e. The molecule has 0 saturated carbocycles. The van der Waals surface area contributed by atoms with Crippen molar-refractivity contribution in [2.45, 2.75) is 12.6 Å². The molecule has 0 bridgehead atoms. The summed E-state index contributed by atoms with van der Waals surface area (Å²) in [6.45, 7) is -0.0542. The number of hydrogen-bond donors (Lipinski definition) is 2. The van der Waals surface area contributed by atoms with Crippen molar-refractivity contribution in [1.29, 1.82) is 0 Å². The van der Waals surface area contributed by atoms with Crippen molar-refractivity contribution in [1.82, 2.24) is 10.3 Å². The molecule has 3 heterocycles. The molecule has 1 atom stereocenters. The molecule has 0 saturated heterocycles. The van der Waals surface area contributed by atoms with Gasteiger partial charge in [0.05, 0.1) is 27.0 Å². The number of aliphatic imine (C=N–C) groups is 1. The van der Waals surface area contributed by atoms with Crippen molar-refractivity contribution in [3.8, 4) is 0 Å². The van der Waals surface area contributed by atoms with E-state index in [2.05, 4.69) is 15.3 Å². The number of aromatic nitrogens is 1. The van der Waals surface area contributed by atoms with Gasteiger partial charge in [-0.3, -0.25) is 24.5 Å². The average Bonchev–Trinajstić information content (AvgIpc) is 3.03. The normalized spacial score (nSPS) is 16.9. The van der Waals surface area contributed by atoms with Crippen LogP contribution in [0.25, 0.3) is 0 Å². The number of amides is 2. The van der Waals surface area contributed by atoms with Gasteiger partial charge in [0.2, 0.25) is 5.91 Å². The summed E-state index contributed by atoms with van der Waals surface area (Å²) in [6, 6.07) is 13.3. The third kappa shape index (κ3) is 3.39. The molecule has 9 heteroatoms. The molecule has 5 rings (SSSR count). The average molecular weight is 466 g/mol. The Morgan fingerprint density at radius 1 is 1.12 bits per heavy atom. The number of rotatable bonds is 3. The van der Waals surface area contributed by atoms with Crippen molar-refractivity contribution in [2.75, 3.05) is 17.2 Å². The van der Waals surface area contributed by atoms with Gasteiger partial charge in [-0.15, -0.1) is 0 Å². The fourth-order valence-corrected chi connectivity index (χ4v) is 4.75. The second kappa shape index (κ2) is 7.93. The number of nitrogens with one attached hydrogen (secondary N) is 1. The van der Waals surface area contributed by atoms with Crippen LogP contribution in [0.5, 0.6) is 0 Å². The van der Waals surface area contributed by atoms with Crippen LogP contribution in [0.15, 0.2) is 59.9 Å². The molecule has 0 fully saturated rings. The van der Waals surface area contributed by atoms with Crippen LogP contribution in [0.3, 0.4) is 0 Å².